The molecule has 5 heteroatoms. The van der Waals surface area contributed by atoms with E-state index >= 15 is 0 Å². The van der Waals surface area contributed by atoms with E-state index in [2.05, 4.69) is 21.2 Å². The zero-order valence-corrected chi connectivity index (χ0v) is 11.4. The van der Waals surface area contributed by atoms with Crippen LogP contribution in [0.4, 0.5) is 10.1 Å². The lowest BCUT2D eigenvalue weighted by atomic mass is 10.2. The first-order chi connectivity index (χ1) is 8.58. The lowest BCUT2D eigenvalue weighted by molar-refractivity contribution is 0.102. The van der Waals surface area contributed by atoms with E-state index in [0.29, 0.717) is 15.1 Å². The first-order valence-corrected chi connectivity index (χ1v) is 6.26. The van der Waals surface area contributed by atoms with Crippen molar-refractivity contribution in [2.75, 3.05) is 5.32 Å². The Bertz CT molecular complexity index is 603. The first kappa shape index (κ1) is 13.1. The highest BCUT2D eigenvalue weighted by molar-refractivity contribution is 9.10. The molecule has 1 N–H and O–H groups in total. The van der Waals surface area contributed by atoms with Gasteiger partial charge in [-0.1, -0.05) is 23.7 Å². The van der Waals surface area contributed by atoms with Crippen LogP contribution in [0.2, 0.25) is 5.02 Å². The minimum Gasteiger partial charge on any atom is -0.319 e. The standard InChI is InChI=1S/C13H8BrClFNO/c14-9-7-8(5-6-10(9)15)13(18)17-12-4-2-1-3-11(12)16/h1-7H,(H,17,18). The highest BCUT2D eigenvalue weighted by Crippen LogP contribution is 2.24. The van der Waals surface area contributed by atoms with Crippen molar-refractivity contribution in [3.8, 4) is 0 Å². The van der Waals surface area contributed by atoms with E-state index in [9.17, 15) is 9.18 Å². The number of benzene rings is 2. The van der Waals surface area contributed by atoms with Crippen molar-refractivity contribution in [1.82, 2.24) is 0 Å². The normalized spacial score (nSPS) is 10.2. The average Bonchev–Trinajstić information content (AvgIpc) is 2.35. The van der Waals surface area contributed by atoms with Gasteiger partial charge in [0.25, 0.3) is 5.91 Å². The summed E-state index contributed by atoms with van der Waals surface area (Å²) >= 11 is 9.06. The summed E-state index contributed by atoms with van der Waals surface area (Å²) in [5.41, 5.74) is 0.545. The van der Waals surface area contributed by atoms with Gasteiger partial charge in [0.05, 0.1) is 10.7 Å². The van der Waals surface area contributed by atoms with Crippen LogP contribution in [-0.4, -0.2) is 5.91 Å². The molecule has 0 aliphatic rings. The molecule has 2 aromatic rings. The fourth-order valence-corrected chi connectivity index (χ4v) is 1.89. The molecular weight excluding hydrogens is 321 g/mol. The lowest BCUT2D eigenvalue weighted by Gasteiger charge is -2.06. The fourth-order valence-electron chi connectivity index (χ4n) is 1.39. The molecule has 0 aliphatic heterocycles. The van der Waals surface area contributed by atoms with E-state index < -0.39 is 11.7 Å². The van der Waals surface area contributed by atoms with Gasteiger partial charge in [-0.2, -0.15) is 0 Å². The predicted octanol–water partition coefficient (Wildman–Crippen LogP) is 4.49. The molecule has 0 saturated carbocycles. The minimum absolute atomic E-state index is 0.147. The summed E-state index contributed by atoms with van der Waals surface area (Å²) in [7, 11) is 0. The SMILES string of the molecule is O=C(Nc1ccccc1F)c1ccc(Cl)c(Br)c1. The Labute approximate surface area is 117 Å². The second-order valence-corrected chi connectivity index (χ2v) is 4.82. The Kier molecular flexibility index (Phi) is 3.99. The summed E-state index contributed by atoms with van der Waals surface area (Å²) in [4.78, 5) is 11.9. The number of halogens is 3. The number of carbonyl (C=O) groups is 1. The smallest absolute Gasteiger partial charge is 0.255 e. The summed E-state index contributed by atoms with van der Waals surface area (Å²) in [6, 6.07) is 10.7. The van der Waals surface area contributed by atoms with Gasteiger partial charge < -0.3 is 5.32 Å². The highest BCUT2D eigenvalue weighted by atomic mass is 79.9. The third-order valence-corrected chi connectivity index (χ3v) is 3.52. The van der Waals surface area contributed by atoms with Gasteiger partial charge in [-0.25, -0.2) is 4.39 Å². The van der Waals surface area contributed by atoms with Crippen LogP contribution in [0.5, 0.6) is 0 Å². The molecule has 2 aromatic carbocycles. The van der Waals surface area contributed by atoms with E-state index in [0.717, 1.165) is 0 Å². The first-order valence-electron chi connectivity index (χ1n) is 5.09. The van der Waals surface area contributed by atoms with Crippen molar-refractivity contribution in [1.29, 1.82) is 0 Å². The third-order valence-electron chi connectivity index (χ3n) is 2.30. The molecule has 92 valence electrons. The maximum atomic E-state index is 13.4. The van der Waals surface area contributed by atoms with Gasteiger partial charge in [0.1, 0.15) is 5.82 Å². The molecule has 0 aliphatic carbocycles. The number of amides is 1. The topological polar surface area (TPSA) is 29.1 Å². The number of hydrogen-bond donors (Lipinski definition) is 1. The fraction of sp³-hybridized carbons (Fsp3) is 0. The summed E-state index contributed by atoms with van der Waals surface area (Å²) in [6.45, 7) is 0. The summed E-state index contributed by atoms with van der Waals surface area (Å²) in [5.74, 6) is -0.864. The number of para-hydroxylation sites is 1. The Balaban J connectivity index is 2.22. The number of hydrogen-bond acceptors (Lipinski definition) is 1. The van der Waals surface area contributed by atoms with Gasteiger partial charge in [0.15, 0.2) is 0 Å². The van der Waals surface area contributed by atoms with Gasteiger partial charge in [0, 0.05) is 10.0 Å². The maximum absolute atomic E-state index is 13.4. The molecule has 0 atom stereocenters. The zero-order valence-electron chi connectivity index (χ0n) is 9.08. The van der Waals surface area contributed by atoms with Gasteiger partial charge in [-0.05, 0) is 46.3 Å². The van der Waals surface area contributed by atoms with E-state index in [1.54, 1.807) is 30.3 Å². The molecule has 1 amide bonds. The van der Waals surface area contributed by atoms with Crippen molar-refractivity contribution in [2.45, 2.75) is 0 Å². The predicted molar refractivity (Wildman–Crippen MR) is 73.5 cm³/mol. The van der Waals surface area contributed by atoms with Crippen LogP contribution in [0, 0.1) is 5.82 Å². The Morgan fingerprint density at radius 1 is 1.22 bits per heavy atom. The third kappa shape index (κ3) is 2.89. The second kappa shape index (κ2) is 5.50. The van der Waals surface area contributed by atoms with Crippen LogP contribution in [0.15, 0.2) is 46.9 Å². The van der Waals surface area contributed by atoms with Gasteiger partial charge in [0.2, 0.25) is 0 Å². The van der Waals surface area contributed by atoms with Gasteiger partial charge >= 0.3 is 0 Å². The Hall–Kier alpha value is -1.39. The van der Waals surface area contributed by atoms with Crippen molar-refractivity contribution in [3.63, 3.8) is 0 Å². The average molecular weight is 329 g/mol. The van der Waals surface area contributed by atoms with E-state index in [4.69, 9.17) is 11.6 Å². The largest absolute Gasteiger partial charge is 0.319 e. The molecule has 0 radical (unpaired) electrons. The van der Waals surface area contributed by atoms with Crippen molar-refractivity contribution in [2.24, 2.45) is 0 Å². The summed E-state index contributed by atoms with van der Waals surface area (Å²) in [5, 5.41) is 3.01. The summed E-state index contributed by atoms with van der Waals surface area (Å²) < 4.78 is 14.0. The van der Waals surface area contributed by atoms with E-state index in [-0.39, 0.29) is 5.69 Å². The van der Waals surface area contributed by atoms with Gasteiger partial charge in [-0.15, -0.1) is 0 Å². The molecule has 0 unspecified atom stereocenters. The molecule has 2 nitrogen and oxygen atoms in total. The highest BCUT2D eigenvalue weighted by Gasteiger charge is 2.10. The number of anilines is 1. The number of nitrogens with one attached hydrogen (secondary N) is 1. The molecule has 0 saturated heterocycles. The van der Waals surface area contributed by atoms with Crippen molar-refractivity contribution >= 4 is 39.1 Å². The zero-order chi connectivity index (χ0) is 13.1. The van der Waals surface area contributed by atoms with Gasteiger partial charge in [-0.3, -0.25) is 4.79 Å². The Morgan fingerprint density at radius 2 is 1.94 bits per heavy atom. The lowest BCUT2D eigenvalue weighted by Crippen LogP contribution is -2.12. The molecule has 0 aromatic heterocycles. The molecule has 0 heterocycles. The second-order valence-electron chi connectivity index (χ2n) is 3.56. The molecule has 0 fully saturated rings. The number of rotatable bonds is 2. The number of carbonyl (C=O) groups excluding carboxylic acids is 1. The summed E-state index contributed by atoms with van der Waals surface area (Å²) in [6.07, 6.45) is 0. The quantitative estimate of drug-likeness (QED) is 0.864. The monoisotopic (exact) mass is 327 g/mol. The van der Waals surface area contributed by atoms with Crippen LogP contribution in [0.25, 0.3) is 0 Å². The molecule has 18 heavy (non-hydrogen) atoms. The van der Waals surface area contributed by atoms with Crippen molar-refractivity contribution < 1.29 is 9.18 Å². The van der Waals surface area contributed by atoms with Crippen LogP contribution < -0.4 is 5.32 Å². The van der Waals surface area contributed by atoms with Crippen LogP contribution in [0.3, 0.4) is 0 Å². The van der Waals surface area contributed by atoms with E-state index in [1.165, 1.54) is 12.1 Å². The van der Waals surface area contributed by atoms with Crippen molar-refractivity contribution in [3.05, 3.63) is 63.3 Å². The maximum Gasteiger partial charge on any atom is 0.255 e. The Morgan fingerprint density at radius 3 is 2.61 bits per heavy atom. The molecular formula is C13H8BrClFNO. The minimum atomic E-state index is -0.473. The van der Waals surface area contributed by atoms with Crippen LogP contribution >= 0.6 is 27.5 Å². The van der Waals surface area contributed by atoms with E-state index in [1.807, 2.05) is 0 Å². The van der Waals surface area contributed by atoms with Crippen LogP contribution in [0.1, 0.15) is 10.4 Å². The molecule has 0 spiro atoms. The molecule has 2 rings (SSSR count). The van der Waals surface area contributed by atoms with Crippen LogP contribution in [-0.2, 0) is 0 Å². The molecule has 0 bridgehead atoms.